The zero-order chi connectivity index (χ0) is 12.3. The molecule has 6 heteroatoms. The van der Waals surface area contributed by atoms with Crippen LogP contribution in [0.25, 0.3) is 0 Å². The Kier molecular flexibility index (Phi) is 4.35. The fourth-order valence-corrected chi connectivity index (χ4v) is 1.72. The Morgan fingerprint density at radius 2 is 2.25 bits per heavy atom. The maximum Gasteiger partial charge on any atom is 0.356 e. The number of alkyl halides is 3. The van der Waals surface area contributed by atoms with Crippen LogP contribution in [0.15, 0.2) is 6.07 Å². The highest BCUT2D eigenvalue weighted by molar-refractivity contribution is 9.08. The van der Waals surface area contributed by atoms with E-state index < -0.39 is 12.4 Å². The summed E-state index contributed by atoms with van der Waals surface area (Å²) >= 11 is 3.06. The number of nitrogens with zero attached hydrogens (tertiary/aromatic N) is 1. The molecular weight excluding hydrogens is 284 g/mol. The molecule has 1 aromatic heterocycles. The van der Waals surface area contributed by atoms with Gasteiger partial charge in [-0.05, 0) is 18.6 Å². The van der Waals surface area contributed by atoms with Crippen LogP contribution in [0.5, 0.6) is 0 Å². The van der Waals surface area contributed by atoms with Crippen molar-refractivity contribution in [2.45, 2.75) is 18.7 Å². The molecule has 1 rings (SSSR count). The first-order chi connectivity index (χ1) is 7.51. The molecule has 0 radical (unpaired) electrons. The van der Waals surface area contributed by atoms with E-state index in [4.69, 9.17) is 0 Å². The average Bonchev–Trinajstić information content (AvgIpc) is 2.27. The first-order valence-electron chi connectivity index (χ1n) is 4.44. The highest BCUT2D eigenvalue weighted by Crippen LogP contribution is 2.25. The van der Waals surface area contributed by atoms with Crippen LogP contribution >= 0.6 is 15.9 Å². The van der Waals surface area contributed by atoms with Gasteiger partial charge < -0.3 is 4.74 Å². The summed E-state index contributed by atoms with van der Waals surface area (Å²) in [5, 5.41) is 0.164. The average molecular weight is 294 g/mol. The molecule has 0 aliphatic rings. The molecule has 0 atom stereocenters. The number of carbonyl (C=O) groups excluding carboxylic acids is 1. The molecule has 0 aromatic carbocycles. The van der Waals surface area contributed by atoms with Crippen LogP contribution in [0.2, 0.25) is 0 Å². The van der Waals surface area contributed by atoms with E-state index in [0.717, 1.165) is 0 Å². The van der Waals surface area contributed by atoms with Gasteiger partial charge in [0.2, 0.25) is 0 Å². The maximum absolute atomic E-state index is 12.6. The molecule has 1 heterocycles. The van der Waals surface area contributed by atoms with Crippen molar-refractivity contribution < 1.29 is 18.3 Å². The second kappa shape index (κ2) is 5.34. The minimum Gasteiger partial charge on any atom is -0.464 e. The molecule has 88 valence electrons. The van der Waals surface area contributed by atoms with Crippen LogP contribution in [0.1, 0.15) is 33.7 Å². The van der Waals surface area contributed by atoms with Gasteiger partial charge in [0.25, 0.3) is 6.43 Å². The highest BCUT2D eigenvalue weighted by atomic mass is 79.9. The largest absolute Gasteiger partial charge is 0.464 e. The van der Waals surface area contributed by atoms with Gasteiger partial charge in [0, 0.05) is 10.9 Å². The van der Waals surface area contributed by atoms with Crippen molar-refractivity contribution >= 4 is 21.9 Å². The van der Waals surface area contributed by atoms with E-state index >= 15 is 0 Å². The van der Waals surface area contributed by atoms with E-state index in [1.807, 2.05) is 0 Å². The van der Waals surface area contributed by atoms with Crippen molar-refractivity contribution in [3.05, 3.63) is 28.6 Å². The lowest BCUT2D eigenvalue weighted by Gasteiger charge is -2.10. The molecule has 16 heavy (non-hydrogen) atoms. The zero-order valence-electron chi connectivity index (χ0n) is 8.76. The van der Waals surface area contributed by atoms with Crippen LogP contribution in [0.3, 0.4) is 0 Å². The van der Waals surface area contributed by atoms with Gasteiger partial charge in [-0.15, -0.1) is 0 Å². The molecule has 0 spiro atoms. The van der Waals surface area contributed by atoms with Crippen LogP contribution in [-0.4, -0.2) is 18.1 Å². The number of hydrogen-bond acceptors (Lipinski definition) is 3. The molecule has 0 bridgehead atoms. The first-order valence-corrected chi connectivity index (χ1v) is 5.56. The number of halogens is 3. The maximum atomic E-state index is 12.6. The van der Waals surface area contributed by atoms with E-state index in [-0.39, 0.29) is 22.3 Å². The molecule has 0 aliphatic heterocycles. The number of ether oxygens (including phenoxy) is 1. The Labute approximate surface area is 99.9 Å². The molecule has 0 N–H and O–H groups in total. The minimum absolute atomic E-state index is 0.0707. The summed E-state index contributed by atoms with van der Waals surface area (Å²) < 4.78 is 29.8. The van der Waals surface area contributed by atoms with Gasteiger partial charge in [-0.1, -0.05) is 15.9 Å². The molecule has 1 aromatic rings. The van der Waals surface area contributed by atoms with Gasteiger partial charge in [0.1, 0.15) is 0 Å². The smallest absolute Gasteiger partial charge is 0.356 e. The van der Waals surface area contributed by atoms with E-state index in [1.54, 1.807) is 6.92 Å². The third-order valence-electron chi connectivity index (χ3n) is 2.07. The topological polar surface area (TPSA) is 39.2 Å². The molecule has 0 saturated heterocycles. The third kappa shape index (κ3) is 2.55. The SMILES string of the molecule is COC(=O)c1nc(CBr)c(C(F)F)cc1C. The summed E-state index contributed by atoms with van der Waals surface area (Å²) in [5.74, 6) is -0.625. The van der Waals surface area contributed by atoms with Gasteiger partial charge in [0.05, 0.1) is 12.8 Å². The first kappa shape index (κ1) is 13.0. The standard InChI is InChI=1S/C10H10BrF2NO2/c1-5-3-6(9(12)13)7(4-11)14-8(5)10(15)16-2/h3,9H,4H2,1-2H3. The van der Waals surface area contributed by atoms with Crippen molar-refractivity contribution in [3.8, 4) is 0 Å². The third-order valence-corrected chi connectivity index (χ3v) is 2.60. The highest BCUT2D eigenvalue weighted by Gasteiger charge is 2.19. The molecule has 0 saturated carbocycles. The Morgan fingerprint density at radius 1 is 1.62 bits per heavy atom. The van der Waals surface area contributed by atoms with Crippen LogP contribution in [0.4, 0.5) is 8.78 Å². The zero-order valence-corrected chi connectivity index (χ0v) is 10.3. The summed E-state index contributed by atoms with van der Waals surface area (Å²) in [6.07, 6.45) is -2.61. The Bertz CT molecular complexity index is 410. The van der Waals surface area contributed by atoms with Gasteiger partial charge in [-0.2, -0.15) is 0 Å². The fraction of sp³-hybridized carbons (Fsp3) is 0.400. The van der Waals surface area contributed by atoms with Gasteiger partial charge in [-0.25, -0.2) is 18.6 Å². The summed E-state index contributed by atoms with van der Waals surface area (Å²) in [5.41, 5.74) is 0.441. The molecular formula is C10H10BrF2NO2. The number of rotatable bonds is 3. The van der Waals surface area contributed by atoms with Crippen molar-refractivity contribution in [1.82, 2.24) is 4.98 Å². The van der Waals surface area contributed by atoms with Crippen LogP contribution in [0, 0.1) is 6.92 Å². The second-order valence-corrected chi connectivity index (χ2v) is 3.68. The predicted molar refractivity (Wildman–Crippen MR) is 57.9 cm³/mol. The molecule has 0 unspecified atom stereocenters. The summed E-state index contributed by atoms with van der Waals surface area (Å²) in [4.78, 5) is 15.2. The normalized spacial score (nSPS) is 10.6. The Morgan fingerprint density at radius 3 is 2.69 bits per heavy atom. The lowest BCUT2D eigenvalue weighted by molar-refractivity contribution is 0.0592. The summed E-state index contributed by atoms with van der Waals surface area (Å²) in [6.45, 7) is 1.54. The van der Waals surface area contributed by atoms with E-state index in [0.29, 0.717) is 5.56 Å². The van der Waals surface area contributed by atoms with Crippen LogP contribution in [-0.2, 0) is 10.1 Å². The lowest BCUT2D eigenvalue weighted by atomic mass is 10.1. The number of pyridine rings is 1. The molecule has 0 aliphatic carbocycles. The minimum atomic E-state index is -2.61. The summed E-state index contributed by atoms with van der Waals surface area (Å²) in [6, 6.07) is 1.26. The number of aromatic nitrogens is 1. The number of hydrogen-bond donors (Lipinski definition) is 0. The number of aryl methyl sites for hydroxylation is 1. The van der Waals surface area contributed by atoms with E-state index in [9.17, 15) is 13.6 Å². The lowest BCUT2D eigenvalue weighted by Crippen LogP contribution is -2.10. The van der Waals surface area contributed by atoms with Crippen molar-refractivity contribution in [2.24, 2.45) is 0 Å². The van der Waals surface area contributed by atoms with E-state index in [1.165, 1.54) is 13.2 Å². The Hall–Kier alpha value is -1.04. The van der Waals surface area contributed by atoms with Crippen molar-refractivity contribution in [2.75, 3.05) is 7.11 Å². The van der Waals surface area contributed by atoms with E-state index in [2.05, 4.69) is 25.7 Å². The number of methoxy groups -OCH3 is 1. The number of esters is 1. The Balaban J connectivity index is 3.31. The van der Waals surface area contributed by atoms with Gasteiger partial charge >= 0.3 is 5.97 Å². The van der Waals surface area contributed by atoms with Gasteiger partial charge in [0.15, 0.2) is 5.69 Å². The van der Waals surface area contributed by atoms with Gasteiger partial charge in [-0.3, -0.25) is 0 Å². The molecule has 0 amide bonds. The second-order valence-electron chi connectivity index (χ2n) is 3.12. The molecule has 3 nitrogen and oxygen atoms in total. The quantitative estimate of drug-likeness (QED) is 0.635. The summed E-state index contributed by atoms with van der Waals surface area (Å²) in [7, 11) is 1.22. The van der Waals surface area contributed by atoms with Crippen molar-refractivity contribution in [1.29, 1.82) is 0 Å². The predicted octanol–water partition coefficient (Wildman–Crippen LogP) is 3.01. The number of carbonyl (C=O) groups is 1. The van der Waals surface area contributed by atoms with Crippen LogP contribution < -0.4 is 0 Å². The molecule has 0 fully saturated rings. The monoisotopic (exact) mass is 293 g/mol. The fourth-order valence-electron chi connectivity index (χ4n) is 1.27. The van der Waals surface area contributed by atoms with Crippen molar-refractivity contribution in [3.63, 3.8) is 0 Å².